The second-order valence-corrected chi connectivity index (χ2v) is 4.69. The molecule has 0 bridgehead atoms. The van der Waals surface area contributed by atoms with Crippen LogP contribution in [0.5, 0.6) is 0 Å². The molecule has 0 spiro atoms. The van der Waals surface area contributed by atoms with E-state index < -0.39 is 6.09 Å². The highest BCUT2D eigenvalue weighted by Crippen LogP contribution is 2.24. The second kappa shape index (κ2) is 5.17. The molecule has 0 aliphatic rings. The molecule has 1 aromatic rings. The molecule has 3 nitrogen and oxygen atoms in total. The van der Waals surface area contributed by atoms with Crippen LogP contribution in [0.15, 0.2) is 18.2 Å². The van der Waals surface area contributed by atoms with Crippen LogP contribution in [0, 0.1) is 12.7 Å². The number of aryl methyl sites for hydroxylation is 1. The molecule has 1 N–H and O–H groups in total. The molecule has 0 aliphatic heterocycles. The van der Waals surface area contributed by atoms with Crippen LogP contribution in [0.4, 0.5) is 9.18 Å². The average Bonchev–Trinajstić information content (AvgIpc) is 2.29. The van der Waals surface area contributed by atoms with E-state index in [-0.39, 0.29) is 11.2 Å². The first-order valence-electron chi connectivity index (χ1n) is 5.45. The van der Waals surface area contributed by atoms with E-state index in [9.17, 15) is 9.18 Å². The summed E-state index contributed by atoms with van der Waals surface area (Å²) in [6.07, 6.45) is -0.461. The minimum atomic E-state index is -0.461. The van der Waals surface area contributed by atoms with Gasteiger partial charge in [0.1, 0.15) is 5.82 Å². The Labute approximate surface area is 101 Å². The largest absolute Gasteiger partial charge is 0.453 e. The Hall–Kier alpha value is -1.58. The lowest BCUT2D eigenvalue weighted by molar-refractivity contribution is 0.168. The number of nitrogens with one attached hydrogen (secondary N) is 1. The van der Waals surface area contributed by atoms with Gasteiger partial charge in [0.25, 0.3) is 0 Å². The Balaban J connectivity index is 2.81. The van der Waals surface area contributed by atoms with Gasteiger partial charge in [-0.05, 0) is 24.1 Å². The molecule has 0 unspecified atom stereocenters. The molecule has 4 heteroatoms. The van der Waals surface area contributed by atoms with Crippen molar-refractivity contribution in [1.29, 1.82) is 0 Å². The van der Waals surface area contributed by atoms with E-state index >= 15 is 0 Å². The first-order chi connectivity index (χ1) is 7.86. The van der Waals surface area contributed by atoms with Crippen LogP contribution < -0.4 is 5.32 Å². The van der Waals surface area contributed by atoms with E-state index in [1.54, 1.807) is 19.1 Å². The number of benzene rings is 1. The Bertz CT molecular complexity index is 416. The third-order valence-corrected chi connectivity index (χ3v) is 2.80. The van der Waals surface area contributed by atoms with E-state index in [0.29, 0.717) is 12.1 Å². The van der Waals surface area contributed by atoms with Crippen molar-refractivity contribution in [1.82, 2.24) is 5.32 Å². The predicted octanol–water partition coefficient (Wildman–Crippen LogP) is 2.77. The van der Waals surface area contributed by atoms with Gasteiger partial charge in [-0.3, -0.25) is 0 Å². The van der Waals surface area contributed by atoms with Gasteiger partial charge in [0.2, 0.25) is 0 Å². The molecule has 1 rings (SSSR count). The molecule has 0 aliphatic carbocycles. The predicted molar refractivity (Wildman–Crippen MR) is 64.6 cm³/mol. The lowest BCUT2D eigenvalue weighted by atomic mass is 9.84. The standard InChI is InChI=1S/C13H18FNO2/c1-9-7-10(5-6-11(9)14)13(2,3)8-15-12(16)17-4/h5-7H,8H2,1-4H3,(H,15,16). The Morgan fingerprint density at radius 2 is 2.12 bits per heavy atom. The number of methoxy groups -OCH3 is 1. The Kier molecular flexibility index (Phi) is 4.10. The fraction of sp³-hybridized carbons (Fsp3) is 0.462. The molecule has 0 heterocycles. The van der Waals surface area contributed by atoms with Gasteiger partial charge in [-0.25, -0.2) is 9.18 Å². The third-order valence-electron chi connectivity index (χ3n) is 2.80. The number of carbonyl (C=O) groups is 1. The number of amides is 1. The van der Waals surface area contributed by atoms with Crippen LogP contribution in [0.25, 0.3) is 0 Å². The maximum atomic E-state index is 13.2. The Morgan fingerprint density at radius 1 is 1.47 bits per heavy atom. The van der Waals surface area contributed by atoms with Crippen LogP contribution in [-0.4, -0.2) is 19.7 Å². The van der Waals surface area contributed by atoms with Gasteiger partial charge in [0.05, 0.1) is 7.11 Å². The van der Waals surface area contributed by atoms with Crippen LogP contribution in [0.3, 0.4) is 0 Å². The van der Waals surface area contributed by atoms with Gasteiger partial charge in [0.15, 0.2) is 0 Å². The van der Waals surface area contributed by atoms with Crippen molar-refractivity contribution in [3.8, 4) is 0 Å². The van der Waals surface area contributed by atoms with Crippen LogP contribution in [-0.2, 0) is 10.2 Å². The topological polar surface area (TPSA) is 38.3 Å². The second-order valence-electron chi connectivity index (χ2n) is 4.69. The molecule has 0 saturated heterocycles. The number of hydrogen-bond acceptors (Lipinski definition) is 2. The van der Waals surface area contributed by atoms with Crippen LogP contribution >= 0.6 is 0 Å². The number of rotatable bonds is 3. The van der Waals surface area contributed by atoms with Gasteiger partial charge < -0.3 is 10.1 Å². The zero-order chi connectivity index (χ0) is 13.1. The molecule has 0 radical (unpaired) electrons. The van der Waals surface area contributed by atoms with E-state index in [4.69, 9.17) is 0 Å². The van der Waals surface area contributed by atoms with Gasteiger partial charge in [0, 0.05) is 12.0 Å². The summed E-state index contributed by atoms with van der Waals surface area (Å²) >= 11 is 0. The minimum Gasteiger partial charge on any atom is -0.453 e. The smallest absolute Gasteiger partial charge is 0.406 e. The van der Waals surface area contributed by atoms with Crippen molar-refractivity contribution >= 4 is 6.09 Å². The molecule has 0 saturated carbocycles. The van der Waals surface area contributed by atoms with Crippen molar-refractivity contribution in [3.05, 3.63) is 35.1 Å². The third kappa shape index (κ3) is 3.44. The zero-order valence-electron chi connectivity index (χ0n) is 10.6. The van der Waals surface area contributed by atoms with E-state index in [1.807, 2.05) is 13.8 Å². The molecule has 1 amide bonds. The number of hydrogen-bond donors (Lipinski definition) is 1. The highest BCUT2D eigenvalue weighted by Gasteiger charge is 2.22. The summed E-state index contributed by atoms with van der Waals surface area (Å²) in [5.74, 6) is -0.217. The van der Waals surface area contributed by atoms with E-state index in [0.717, 1.165) is 5.56 Å². The Morgan fingerprint density at radius 3 is 2.65 bits per heavy atom. The van der Waals surface area contributed by atoms with E-state index in [1.165, 1.54) is 13.2 Å². The van der Waals surface area contributed by atoms with Gasteiger partial charge in [-0.15, -0.1) is 0 Å². The lowest BCUT2D eigenvalue weighted by Crippen LogP contribution is -2.36. The first-order valence-corrected chi connectivity index (χ1v) is 5.45. The van der Waals surface area contributed by atoms with Gasteiger partial charge >= 0.3 is 6.09 Å². The fourth-order valence-electron chi connectivity index (χ4n) is 1.53. The number of halogens is 1. The highest BCUT2D eigenvalue weighted by atomic mass is 19.1. The number of carbonyl (C=O) groups excluding carboxylic acids is 1. The summed E-state index contributed by atoms with van der Waals surface area (Å²) in [5.41, 5.74) is 1.31. The molecule has 1 aromatic carbocycles. The van der Waals surface area contributed by atoms with Gasteiger partial charge in [-0.1, -0.05) is 26.0 Å². The SMILES string of the molecule is COC(=O)NCC(C)(C)c1ccc(F)c(C)c1. The number of ether oxygens (including phenoxy) is 1. The van der Waals surface area contributed by atoms with Crippen molar-refractivity contribution < 1.29 is 13.9 Å². The molecule has 0 atom stereocenters. The summed E-state index contributed by atoms with van der Waals surface area (Å²) in [6, 6.07) is 4.99. The van der Waals surface area contributed by atoms with Crippen LogP contribution in [0.2, 0.25) is 0 Å². The van der Waals surface area contributed by atoms with Crippen molar-refractivity contribution in [2.24, 2.45) is 0 Å². The summed E-state index contributed by atoms with van der Waals surface area (Å²) < 4.78 is 17.7. The van der Waals surface area contributed by atoms with Crippen molar-refractivity contribution in [3.63, 3.8) is 0 Å². The quantitative estimate of drug-likeness (QED) is 0.880. The summed E-state index contributed by atoms with van der Waals surface area (Å²) in [5, 5.41) is 2.65. The van der Waals surface area contributed by atoms with Gasteiger partial charge in [-0.2, -0.15) is 0 Å². The van der Waals surface area contributed by atoms with Crippen molar-refractivity contribution in [2.75, 3.05) is 13.7 Å². The van der Waals surface area contributed by atoms with Crippen molar-refractivity contribution in [2.45, 2.75) is 26.2 Å². The molecule has 0 fully saturated rings. The molecule has 17 heavy (non-hydrogen) atoms. The summed E-state index contributed by atoms with van der Waals surface area (Å²) in [6.45, 7) is 6.12. The average molecular weight is 239 g/mol. The summed E-state index contributed by atoms with van der Waals surface area (Å²) in [7, 11) is 1.32. The van der Waals surface area contributed by atoms with E-state index in [2.05, 4.69) is 10.1 Å². The molecular formula is C13H18FNO2. The molecule has 94 valence electrons. The normalized spacial score (nSPS) is 11.1. The molecular weight excluding hydrogens is 221 g/mol. The minimum absolute atomic E-state index is 0.217. The first kappa shape index (κ1) is 13.5. The number of alkyl carbamates (subject to hydrolysis) is 1. The fourth-order valence-corrected chi connectivity index (χ4v) is 1.53. The monoisotopic (exact) mass is 239 g/mol. The lowest BCUT2D eigenvalue weighted by Gasteiger charge is -2.25. The van der Waals surface area contributed by atoms with Crippen LogP contribution in [0.1, 0.15) is 25.0 Å². The maximum Gasteiger partial charge on any atom is 0.406 e. The molecule has 0 aromatic heterocycles. The maximum absolute atomic E-state index is 13.2. The highest BCUT2D eigenvalue weighted by molar-refractivity contribution is 5.67. The zero-order valence-corrected chi connectivity index (χ0v) is 10.6. The summed E-state index contributed by atoms with van der Waals surface area (Å²) in [4.78, 5) is 11.0.